The minimum atomic E-state index is -0.334. The Kier molecular flexibility index (Phi) is 52.0. The Morgan fingerprint density at radius 2 is 0.890 bits per heavy atom. The fourth-order valence-electron chi connectivity index (χ4n) is 9.54. The molecule has 73 heavy (non-hydrogen) atoms. The first-order chi connectivity index (χ1) is 35.7. The van der Waals surface area contributed by atoms with E-state index in [1.54, 1.807) is 0 Å². The Labute approximate surface area is 449 Å². The first-order valence-electron chi connectivity index (χ1n) is 30.7. The van der Waals surface area contributed by atoms with Crippen LogP contribution in [0.25, 0.3) is 0 Å². The Hall–Kier alpha value is -2.79. The van der Waals surface area contributed by atoms with Crippen LogP contribution in [-0.4, -0.2) is 106 Å². The van der Waals surface area contributed by atoms with Gasteiger partial charge >= 0.3 is 17.9 Å². The van der Waals surface area contributed by atoms with E-state index in [0.717, 1.165) is 109 Å². The second-order valence-electron chi connectivity index (χ2n) is 21.4. The molecule has 0 aromatic rings. The maximum atomic E-state index is 13.6. The highest BCUT2D eigenvalue weighted by Gasteiger charge is 2.23. The summed E-state index contributed by atoms with van der Waals surface area (Å²) >= 11 is 0. The molecule has 1 saturated heterocycles. The maximum absolute atomic E-state index is 13.6. The van der Waals surface area contributed by atoms with Crippen molar-refractivity contribution in [3.05, 3.63) is 12.2 Å². The minimum absolute atomic E-state index is 0.0743. The number of amides is 1. The topological polar surface area (TPSA) is 129 Å². The van der Waals surface area contributed by atoms with Crippen molar-refractivity contribution in [2.24, 2.45) is 17.8 Å². The highest BCUT2D eigenvalue weighted by Crippen LogP contribution is 2.20. The largest absolute Gasteiger partial charge is 0.465 e. The Bertz CT molecular complexity index is 1300. The number of allylic oxidation sites excluding steroid dienone is 2. The van der Waals surface area contributed by atoms with Gasteiger partial charge in [0.2, 0.25) is 5.91 Å². The average Bonchev–Trinajstić information content (AvgIpc) is 3.92. The van der Waals surface area contributed by atoms with Gasteiger partial charge in [-0.1, -0.05) is 162 Å². The number of rotatable bonds is 51. The quantitative estimate of drug-likeness (QED) is 0.0191. The number of ether oxygens (including phenoxy) is 4. The third-order valence-electron chi connectivity index (χ3n) is 14.3. The number of methoxy groups -OCH3 is 1. The molecule has 3 unspecified atom stereocenters. The summed E-state index contributed by atoms with van der Waals surface area (Å²) in [5.74, 6) is 0.303. The van der Waals surface area contributed by atoms with Crippen molar-refractivity contribution in [1.82, 2.24) is 9.80 Å². The number of hydrogen-bond donors (Lipinski definition) is 0. The fourth-order valence-corrected chi connectivity index (χ4v) is 9.54. The smallest absolute Gasteiger partial charge is 0.305 e. The van der Waals surface area contributed by atoms with E-state index < -0.39 is 0 Å². The molecular weight excluding hydrogens is 917 g/mol. The summed E-state index contributed by atoms with van der Waals surface area (Å²) in [7, 11) is 1.82. The van der Waals surface area contributed by atoms with Gasteiger partial charge in [0.15, 0.2) is 0 Å². The SMILES string of the molecule is CCCCC/C=C\CCC(=O)N(CCCN1CCCC1)CC(COC(=O)CCCCCCC=O)COC(=O)CCCCCCC(=O)OCC(CCCC)CCCCCC.CCCCCCC(CCCC)COC. The molecule has 0 aromatic heterocycles. The zero-order chi connectivity index (χ0) is 53.7. The van der Waals surface area contributed by atoms with Crippen LogP contribution in [0, 0.1) is 17.8 Å². The summed E-state index contributed by atoms with van der Waals surface area (Å²) in [5.41, 5.74) is 0. The molecule has 1 rings (SSSR count). The fraction of sp³-hybridized carbons (Fsp3) is 0.887. The Morgan fingerprint density at radius 1 is 0.466 bits per heavy atom. The molecule has 11 heteroatoms. The van der Waals surface area contributed by atoms with Gasteiger partial charge in [0.25, 0.3) is 0 Å². The zero-order valence-electron chi connectivity index (χ0n) is 48.6. The van der Waals surface area contributed by atoms with Crippen molar-refractivity contribution in [3.8, 4) is 0 Å². The number of unbranched alkanes of at least 4 members (excludes halogenated alkanes) is 18. The third kappa shape index (κ3) is 46.3. The minimum Gasteiger partial charge on any atom is -0.465 e. The molecule has 1 aliphatic rings. The van der Waals surface area contributed by atoms with Gasteiger partial charge < -0.3 is 33.5 Å². The van der Waals surface area contributed by atoms with E-state index in [1.165, 1.54) is 116 Å². The van der Waals surface area contributed by atoms with Gasteiger partial charge in [-0.15, -0.1) is 0 Å². The maximum Gasteiger partial charge on any atom is 0.305 e. The molecular formula is C62H116N2O9. The van der Waals surface area contributed by atoms with E-state index in [9.17, 15) is 24.0 Å². The summed E-state index contributed by atoms with van der Waals surface area (Å²) in [6.45, 7) is 16.9. The highest BCUT2D eigenvalue weighted by atomic mass is 16.5. The van der Waals surface area contributed by atoms with Gasteiger partial charge in [-0.25, -0.2) is 0 Å². The lowest BCUT2D eigenvalue weighted by molar-refractivity contribution is -0.150. The Morgan fingerprint density at radius 3 is 1.38 bits per heavy atom. The van der Waals surface area contributed by atoms with Gasteiger partial charge in [-0.2, -0.15) is 0 Å². The van der Waals surface area contributed by atoms with Crippen LogP contribution in [0.3, 0.4) is 0 Å². The molecule has 11 nitrogen and oxygen atoms in total. The summed E-state index contributed by atoms with van der Waals surface area (Å²) < 4.78 is 22.4. The molecule has 1 heterocycles. The number of esters is 3. The molecule has 0 spiro atoms. The molecule has 0 bridgehead atoms. The molecule has 0 radical (unpaired) electrons. The van der Waals surface area contributed by atoms with Gasteiger partial charge in [0, 0.05) is 64.8 Å². The van der Waals surface area contributed by atoms with Gasteiger partial charge in [0.1, 0.15) is 6.29 Å². The summed E-state index contributed by atoms with van der Waals surface area (Å²) in [6.07, 6.45) is 42.6. The Balaban J connectivity index is 0.00000319. The highest BCUT2D eigenvalue weighted by molar-refractivity contribution is 5.76. The molecule has 1 amide bonds. The van der Waals surface area contributed by atoms with E-state index in [-0.39, 0.29) is 49.4 Å². The van der Waals surface area contributed by atoms with Crippen LogP contribution >= 0.6 is 0 Å². The molecule has 0 N–H and O–H groups in total. The van der Waals surface area contributed by atoms with Crippen LogP contribution in [0.4, 0.5) is 0 Å². The van der Waals surface area contributed by atoms with Crippen molar-refractivity contribution in [2.75, 3.05) is 66.3 Å². The van der Waals surface area contributed by atoms with E-state index in [0.29, 0.717) is 70.6 Å². The summed E-state index contributed by atoms with van der Waals surface area (Å²) in [6, 6.07) is 0. The number of nitrogens with zero attached hydrogens (tertiary/aromatic N) is 2. The molecule has 0 aliphatic carbocycles. The van der Waals surface area contributed by atoms with E-state index in [2.05, 4.69) is 51.7 Å². The predicted octanol–water partition coefficient (Wildman–Crippen LogP) is 15.5. The second kappa shape index (κ2) is 54.0. The standard InChI is InChI=1S/C49H88N2O8.C13H28O/c1-4-7-10-12-13-15-21-31-46(53)51(38-28-37-50-35-25-26-36-50)40-45(42-58-48(55)32-22-16-14-19-27-39-52)43-59-49(56)34-24-18-17-23-33-47(54)57-41-44(29-9-6-3)30-20-11-8-5-2;1-4-6-8-9-11-13(12-14-3)10-7-5-2/h13,15,39,44-45H,4-12,14,16-38,40-43H2,1-3H3;13H,4-12H2,1-3H3/b15-13-;. The lowest BCUT2D eigenvalue weighted by atomic mass is 9.96. The van der Waals surface area contributed by atoms with Crippen LogP contribution in [0.15, 0.2) is 12.2 Å². The van der Waals surface area contributed by atoms with Crippen LogP contribution in [-0.2, 0) is 42.9 Å². The normalized spacial score (nSPS) is 13.8. The first kappa shape index (κ1) is 70.2. The van der Waals surface area contributed by atoms with Crippen molar-refractivity contribution >= 4 is 30.1 Å². The molecule has 428 valence electrons. The van der Waals surface area contributed by atoms with Crippen molar-refractivity contribution < 1.29 is 42.9 Å². The number of hydrogen-bond acceptors (Lipinski definition) is 10. The van der Waals surface area contributed by atoms with Crippen molar-refractivity contribution in [3.63, 3.8) is 0 Å². The molecule has 0 aromatic carbocycles. The van der Waals surface area contributed by atoms with Gasteiger partial charge in [-0.3, -0.25) is 19.2 Å². The van der Waals surface area contributed by atoms with Crippen molar-refractivity contribution in [1.29, 1.82) is 0 Å². The van der Waals surface area contributed by atoms with E-state index >= 15 is 0 Å². The van der Waals surface area contributed by atoms with Crippen LogP contribution in [0.1, 0.15) is 272 Å². The number of likely N-dealkylation sites (tertiary alicyclic amines) is 1. The van der Waals surface area contributed by atoms with Gasteiger partial charge in [0.05, 0.1) is 19.8 Å². The second-order valence-corrected chi connectivity index (χ2v) is 21.4. The third-order valence-corrected chi connectivity index (χ3v) is 14.3. The van der Waals surface area contributed by atoms with E-state index in [1.807, 2.05) is 12.0 Å². The summed E-state index contributed by atoms with van der Waals surface area (Å²) in [4.78, 5) is 66.6. The van der Waals surface area contributed by atoms with Crippen LogP contribution < -0.4 is 0 Å². The lowest BCUT2D eigenvalue weighted by Crippen LogP contribution is -2.40. The zero-order valence-corrected chi connectivity index (χ0v) is 48.6. The molecule has 1 aliphatic heterocycles. The monoisotopic (exact) mass is 1030 g/mol. The summed E-state index contributed by atoms with van der Waals surface area (Å²) in [5, 5.41) is 0. The molecule has 1 fully saturated rings. The lowest BCUT2D eigenvalue weighted by Gasteiger charge is -2.28. The first-order valence-corrected chi connectivity index (χ1v) is 30.7. The number of carbonyl (C=O) groups excluding carboxylic acids is 5. The average molecular weight is 1030 g/mol. The van der Waals surface area contributed by atoms with Crippen LogP contribution in [0.2, 0.25) is 0 Å². The number of carbonyl (C=O) groups is 5. The van der Waals surface area contributed by atoms with E-state index in [4.69, 9.17) is 18.9 Å². The van der Waals surface area contributed by atoms with Gasteiger partial charge in [-0.05, 0) is 121 Å². The van der Waals surface area contributed by atoms with Crippen LogP contribution in [0.5, 0.6) is 0 Å². The molecule has 0 saturated carbocycles. The number of aldehydes is 1. The molecule has 3 atom stereocenters. The predicted molar refractivity (Wildman–Crippen MR) is 303 cm³/mol. The van der Waals surface area contributed by atoms with Crippen molar-refractivity contribution in [2.45, 2.75) is 272 Å².